The number of methoxy groups -OCH3 is 2. The van der Waals surface area contributed by atoms with E-state index in [0.29, 0.717) is 6.04 Å². The van der Waals surface area contributed by atoms with Crippen LogP contribution in [0.2, 0.25) is 0 Å². The van der Waals surface area contributed by atoms with E-state index in [1.807, 2.05) is 6.07 Å². The average Bonchev–Trinajstić information content (AvgIpc) is 2.45. The molecule has 1 aromatic carbocycles. The van der Waals surface area contributed by atoms with Crippen LogP contribution in [-0.4, -0.2) is 20.3 Å². The molecule has 1 fully saturated rings. The van der Waals surface area contributed by atoms with Crippen molar-refractivity contribution in [3.05, 3.63) is 23.8 Å². The maximum atomic E-state index is 5.35. The van der Waals surface area contributed by atoms with Crippen molar-refractivity contribution < 1.29 is 9.47 Å². The topological polar surface area (TPSA) is 30.5 Å². The number of hydrogen-bond acceptors (Lipinski definition) is 3. The summed E-state index contributed by atoms with van der Waals surface area (Å²) in [4.78, 5) is 0. The minimum Gasteiger partial charge on any atom is -0.493 e. The van der Waals surface area contributed by atoms with Crippen LogP contribution < -0.4 is 14.8 Å². The zero-order valence-electron chi connectivity index (χ0n) is 12.8. The van der Waals surface area contributed by atoms with Gasteiger partial charge in [0.15, 0.2) is 11.5 Å². The van der Waals surface area contributed by atoms with Gasteiger partial charge in [-0.3, -0.25) is 0 Å². The van der Waals surface area contributed by atoms with Gasteiger partial charge in [-0.25, -0.2) is 0 Å². The van der Waals surface area contributed by atoms with E-state index in [-0.39, 0.29) is 0 Å². The van der Waals surface area contributed by atoms with Crippen molar-refractivity contribution in [2.75, 3.05) is 14.2 Å². The highest BCUT2D eigenvalue weighted by atomic mass is 16.5. The number of nitrogens with one attached hydrogen (secondary N) is 1. The lowest BCUT2D eigenvalue weighted by Crippen LogP contribution is -2.29. The molecule has 0 radical (unpaired) electrons. The molecule has 0 atom stereocenters. The Morgan fingerprint density at radius 2 is 1.60 bits per heavy atom. The zero-order chi connectivity index (χ0) is 14.2. The largest absolute Gasteiger partial charge is 0.493 e. The van der Waals surface area contributed by atoms with Gasteiger partial charge in [0.1, 0.15) is 0 Å². The van der Waals surface area contributed by atoms with Crippen LogP contribution in [0.25, 0.3) is 0 Å². The second-order valence-electron chi connectivity index (χ2n) is 5.61. The van der Waals surface area contributed by atoms with E-state index in [4.69, 9.17) is 9.47 Å². The summed E-state index contributed by atoms with van der Waals surface area (Å²) in [5.41, 5.74) is 1.25. The lowest BCUT2D eigenvalue weighted by molar-refractivity contribution is 0.353. The molecule has 0 heterocycles. The molecule has 1 aliphatic rings. The van der Waals surface area contributed by atoms with Crippen LogP contribution in [-0.2, 0) is 6.54 Å². The van der Waals surface area contributed by atoms with Crippen LogP contribution in [0, 0.1) is 0 Å². The second-order valence-corrected chi connectivity index (χ2v) is 5.61. The van der Waals surface area contributed by atoms with E-state index in [9.17, 15) is 0 Å². The fourth-order valence-electron chi connectivity index (χ4n) is 2.91. The van der Waals surface area contributed by atoms with Crippen LogP contribution in [0.5, 0.6) is 11.5 Å². The third-order valence-corrected chi connectivity index (χ3v) is 4.15. The first-order valence-electron chi connectivity index (χ1n) is 7.78. The number of hydrogen-bond donors (Lipinski definition) is 1. The molecule has 0 aromatic heterocycles. The molecular weight excluding hydrogens is 250 g/mol. The van der Waals surface area contributed by atoms with E-state index in [2.05, 4.69) is 17.4 Å². The third kappa shape index (κ3) is 4.41. The standard InChI is InChI=1S/C17H27NO2/c1-19-16-11-10-14(12-17(16)20-2)13-18-15-8-6-4-3-5-7-9-15/h10-12,15,18H,3-9,13H2,1-2H3. The first-order valence-corrected chi connectivity index (χ1v) is 7.78. The molecule has 1 aliphatic carbocycles. The Kier molecular flexibility index (Phi) is 6.19. The molecule has 0 amide bonds. The van der Waals surface area contributed by atoms with Gasteiger partial charge in [-0.15, -0.1) is 0 Å². The van der Waals surface area contributed by atoms with E-state index in [1.165, 1.54) is 50.5 Å². The molecule has 0 spiro atoms. The Hall–Kier alpha value is -1.22. The SMILES string of the molecule is COc1ccc(CNC2CCCCCCC2)cc1OC. The van der Waals surface area contributed by atoms with Gasteiger partial charge in [0, 0.05) is 12.6 Å². The monoisotopic (exact) mass is 277 g/mol. The van der Waals surface area contributed by atoms with Crippen molar-refractivity contribution in [2.24, 2.45) is 0 Å². The molecule has 3 nitrogen and oxygen atoms in total. The summed E-state index contributed by atoms with van der Waals surface area (Å²) in [5.74, 6) is 1.60. The molecule has 0 unspecified atom stereocenters. The summed E-state index contributed by atoms with van der Waals surface area (Å²) < 4.78 is 10.6. The Balaban J connectivity index is 1.89. The summed E-state index contributed by atoms with van der Waals surface area (Å²) in [7, 11) is 3.36. The van der Waals surface area contributed by atoms with Gasteiger partial charge in [0.2, 0.25) is 0 Å². The van der Waals surface area contributed by atoms with Gasteiger partial charge in [-0.05, 0) is 30.5 Å². The highest BCUT2D eigenvalue weighted by Gasteiger charge is 2.11. The lowest BCUT2D eigenvalue weighted by Gasteiger charge is -2.21. The zero-order valence-corrected chi connectivity index (χ0v) is 12.8. The van der Waals surface area contributed by atoms with Crippen molar-refractivity contribution in [3.63, 3.8) is 0 Å². The van der Waals surface area contributed by atoms with Gasteiger partial charge in [-0.2, -0.15) is 0 Å². The van der Waals surface area contributed by atoms with Gasteiger partial charge in [0.25, 0.3) is 0 Å². The second kappa shape index (κ2) is 8.15. The van der Waals surface area contributed by atoms with Gasteiger partial charge in [-0.1, -0.05) is 38.2 Å². The van der Waals surface area contributed by atoms with Crippen molar-refractivity contribution in [1.29, 1.82) is 0 Å². The predicted molar refractivity (Wildman–Crippen MR) is 82.5 cm³/mol. The van der Waals surface area contributed by atoms with Crippen molar-refractivity contribution in [2.45, 2.75) is 57.5 Å². The molecule has 112 valence electrons. The Bertz CT molecular complexity index is 398. The molecule has 1 saturated carbocycles. The molecule has 2 rings (SSSR count). The minimum absolute atomic E-state index is 0.670. The third-order valence-electron chi connectivity index (χ3n) is 4.15. The highest BCUT2D eigenvalue weighted by molar-refractivity contribution is 5.42. The molecule has 1 aromatic rings. The summed E-state index contributed by atoms with van der Waals surface area (Å²) in [5, 5.41) is 3.70. The molecular formula is C17H27NO2. The molecule has 3 heteroatoms. The van der Waals surface area contributed by atoms with Crippen LogP contribution in [0.3, 0.4) is 0 Å². The summed E-state index contributed by atoms with van der Waals surface area (Å²) in [6, 6.07) is 6.82. The van der Waals surface area contributed by atoms with Gasteiger partial charge in [0.05, 0.1) is 14.2 Å². The van der Waals surface area contributed by atoms with Gasteiger partial charge < -0.3 is 14.8 Å². The summed E-state index contributed by atoms with van der Waals surface area (Å²) >= 11 is 0. The fraction of sp³-hybridized carbons (Fsp3) is 0.647. The first kappa shape index (κ1) is 15.2. The summed E-state index contributed by atoms with van der Waals surface area (Å²) in [6.45, 7) is 0.908. The van der Waals surface area contributed by atoms with Crippen LogP contribution in [0.15, 0.2) is 18.2 Å². The van der Waals surface area contributed by atoms with E-state index >= 15 is 0 Å². The number of benzene rings is 1. The van der Waals surface area contributed by atoms with E-state index in [1.54, 1.807) is 14.2 Å². The average molecular weight is 277 g/mol. The van der Waals surface area contributed by atoms with Crippen molar-refractivity contribution in [3.8, 4) is 11.5 Å². The van der Waals surface area contributed by atoms with Gasteiger partial charge >= 0.3 is 0 Å². The Morgan fingerprint density at radius 1 is 0.950 bits per heavy atom. The van der Waals surface area contributed by atoms with Crippen molar-refractivity contribution >= 4 is 0 Å². The Morgan fingerprint density at radius 3 is 2.25 bits per heavy atom. The quantitative estimate of drug-likeness (QED) is 0.885. The normalized spacial score (nSPS) is 17.3. The Labute approximate surface area is 122 Å². The molecule has 1 N–H and O–H groups in total. The number of ether oxygens (including phenoxy) is 2. The maximum absolute atomic E-state index is 5.35. The lowest BCUT2D eigenvalue weighted by atomic mass is 9.96. The van der Waals surface area contributed by atoms with E-state index in [0.717, 1.165) is 18.0 Å². The molecule has 0 aliphatic heterocycles. The predicted octanol–water partition coefficient (Wildman–Crippen LogP) is 3.91. The fourth-order valence-corrected chi connectivity index (χ4v) is 2.91. The van der Waals surface area contributed by atoms with Crippen LogP contribution in [0.4, 0.5) is 0 Å². The maximum Gasteiger partial charge on any atom is 0.161 e. The summed E-state index contributed by atoms with van der Waals surface area (Å²) in [6.07, 6.45) is 9.57. The minimum atomic E-state index is 0.670. The molecule has 20 heavy (non-hydrogen) atoms. The molecule has 0 bridgehead atoms. The highest BCUT2D eigenvalue weighted by Crippen LogP contribution is 2.27. The van der Waals surface area contributed by atoms with Crippen LogP contribution in [0.1, 0.15) is 50.5 Å². The van der Waals surface area contributed by atoms with Crippen LogP contribution >= 0.6 is 0 Å². The molecule has 0 saturated heterocycles. The number of rotatable bonds is 5. The van der Waals surface area contributed by atoms with E-state index < -0.39 is 0 Å². The smallest absolute Gasteiger partial charge is 0.161 e. The van der Waals surface area contributed by atoms with Crippen molar-refractivity contribution in [1.82, 2.24) is 5.32 Å². The first-order chi connectivity index (χ1) is 9.83.